The zero-order valence-electron chi connectivity index (χ0n) is 11.6. The molecule has 1 aliphatic rings. The van der Waals surface area contributed by atoms with Crippen molar-refractivity contribution in [1.29, 1.82) is 0 Å². The van der Waals surface area contributed by atoms with Crippen LogP contribution < -0.4 is 9.47 Å². The Kier molecular flexibility index (Phi) is 3.70. The Bertz CT molecular complexity index is 610. The van der Waals surface area contributed by atoms with Gasteiger partial charge in [0, 0.05) is 6.07 Å². The Morgan fingerprint density at radius 2 is 1.95 bits per heavy atom. The standard InChI is InChI=1S/C17H17BrO2/c1-11-8-15(12-6-4-3-5-7-12)20-16-10-17(19-2)14(18)9-13(11)16/h3-7,9-11,15H,8H2,1-2H3/t11-,15-/m1/s1. The molecule has 0 spiro atoms. The monoisotopic (exact) mass is 332 g/mol. The van der Waals surface area contributed by atoms with Crippen molar-refractivity contribution in [3.05, 3.63) is 58.1 Å². The van der Waals surface area contributed by atoms with Crippen LogP contribution in [-0.2, 0) is 0 Å². The molecule has 3 heteroatoms. The first-order valence-corrected chi connectivity index (χ1v) is 7.57. The van der Waals surface area contributed by atoms with Crippen LogP contribution in [0.1, 0.15) is 36.5 Å². The van der Waals surface area contributed by atoms with Gasteiger partial charge < -0.3 is 9.47 Å². The number of hydrogen-bond donors (Lipinski definition) is 0. The van der Waals surface area contributed by atoms with Crippen LogP contribution in [0, 0.1) is 0 Å². The number of fused-ring (bicyclic) bond motifs is 1. The van der Waals surface area contributed by atoms with Crippen molar-refractivity contribution in [2.75, 3.05) is 7.11 Å². The quantitative estimate of drug-likeness (QED) is 0.762. The van der Waals surface area contributed by atoms with Crippen LogP contribution in [0.25, 0.3) is 0 Å². The second kappa shape index (κ2) is 5.49. The topological polar surface area (TPSA) is 18.5 Å². The zero-order chi connectivity index (χ0) is 14.1. The lowest BCUT2D eigenvalue weighted by Crippen LogP contribution is -2.17. The molecule has 2 atom stereocenters. The minimum absolute atomic E-state index is 0.115. The van der Waals surface area contributed by atoms with Crippen LogP contribution in [-0.4, -0.2) is 7.11 Å². The highest BCUT2D eigenvalue weighted by Crippen LogP contribution is 2.45. The summed E-state index contributed by atoms with van der Waals surface area (Å²) in [4.78, 5) is 0. The second-order valence-corrected chi connectivity index (χ2v) is 6.03. The first-order valence-electron chi connectivity index (χ1n) is 6.78. The molecule has 0 fully saturated rings. The van der Waals surface area contributed by atoms with E-state index in [0.29, 0.717) is 5.92 Å². The van der Waals surface area contributed by atoms with Crippen LogP contribution >= 0.6 is 15.9 Å². The molecule has 1 heterocycles. The largest absolute Gasteiger partial charge is 0.495 e. The van der Waals surface area contributed by atoms with Gasteiger partial charge in [0.25, 0.3) is 0 Å². The predicted octanol–water partition coefficient (Wildman–Crippen LogP) is 5.09. The number of halogens is 1. The van der Waals surface area contributed by atoms with E-state index in [4.69, 9.17) is 9.47 Å². The van der Waals surface area contributed by atoms with Crippen LogP contribution in [0.2, 0.25) is 0 Å². The molecule has 0 unspecified atom stereocenters. The van der Waals surface area contributed by atoms with Gasteiger partial charge >= 0.3 is 0 Å². The van der Waals surface area contributed by atoms with Gasteiger partial charge in [-0.3, -0.25) is 0 Å². The normalized spacial score (nSPS) is 20.9. The maximum atomic E-state index is 6.19. The zero-order valence-corrected chi connectivity index (χ0v) is 13.2. The van der Waals surface area contributed by atoms with Crippen molar-refractivity contribution in [1.82, 2.24) is 0 Å². The number of ether oxygens (including phenoxy) is 2. The van der Waals surface area contributed by atoms with E-state index in [1.807, 2.05) is 12.1 Å². The van der Waals surface area contributed by atoms with E-state index in [2.05, 4.69) is 53.2 Å². The molecule has 0 bridgehead atoms. The number of methoxy groups -OCH3 is 1. The minimum Gasteiger partial charge on any atom is -0.495 e. The van der Waals surface area contributed by atoms with Crippen LogP contribution in [0.5, 0.6) is 11.5 Å². The van der Waals surface area contributed by atoms with E-state index in [0.717, 1.165) is 22.4 Å². The third kappa shape index (κ3) is 2.42. The van der Waals surface area contributed by atoms with Crippen molar-refractivity contribution in [2.45, 2.75) is 25.4 Å². The predicted molar refractivity (Wildman–Crippen MR) is 83.5 cm³/mol. The van der Waals surface area contributed by atoms with Crippen molar-refractivity contribution >= 4 is 15.9 Å². The van der Waals surface area contributed by atoms with Gasteiger partial charge in [0.2, 0.25) is 0 Å². The molecule has 0 N–H and O–H groups in total. The van der Waals surface area contributed by atoms with Gasteiger partial charge in [0.15, 0.2) is 0 Å². The summed E-state index contributed by atoms with van der Waals surface area (Å²) in [6, 6.07) is 14.5. The number of benzene rings is 2. The average Bonchev–Trinajstić information content (AvgIpc) is 2.48. The second-order valence-electron chi connectivity index (χ2n) is 5.18. The molecule has 104 valence electrons. The number of rotatable bonds is 2. The Balaban J connectivity index is 1.98. The van der Waals surface area contributed by atoms with Crippen molar-refractivity contribution in [3.8, 4) is 11.5 Å². The molecule has 0 radical (unpaired) electrons. The van der Waals surface area contributed by atoms with Crippen LogP contribution in [0.3, 0.4) is 0 Å². The molecule has 2 aromatic rings. The fourth-order valence-electron chi connectivity index (χ4n) is 2.71. The van der Waals surface area contributed by atoms with Gasteiger partial charge in [-0.25, -0.2) is 0 Å². The van der Waals surface area contributed by atoms with E-state index in [1.165, 1.54) is 11.1 Å². The summed E-state index contributed by atoms with van der Waals surface area (Å²) < 4.78 is 12.5. The smallest absolute Gasteiger partial charge is 0.136 e. The molecule has 0 aliphatic carbocycles. The molecule has 0 amide bonds. The van der Waals surface area contributed by atoms with Gasteiger partial charge in [0.1, 0.15) is 17.6 Å². The first-order chi connectivity index (χ1) is 9.69. The van der Waals surface area contributed by atoms with Gasteiger partial charge in [-0.2, -0.15) is 0 Å². The third-order valence-electron chi connectivity index (χ3n) is 3.82. The molecule has 1 aliphatic heterocycles. The van der Waals surface area contributed by atoms with E-state index < -0.39 is 0 Å². The summed E-state index contributed by atoms with van der Waals surface area (Å²) in [6.07, 6.45) is 1.11. The molecular formula is C17H17BrO2. The summed E-state index contributed by atoms with van der Waals surface area (Å²) in [6.45, 7) is 2.25. The summed E-state index contributed by atoms with van der Waals surface area (Å²) in [5, 5.41) is 0. The summed E-state index contributed by atoms with van der Waals surface area (Å²) >= 11 is 3.54. The molecule has 20 heavy (non-hydrogen) atoms. The van der Waals surface area contributed by atoms with Gasteiger partial charge in [0.05, 0.1) is 11.6 Å². The Morgan fingerprint density at radius 1 is 1.20 bits per heavy atom. The fraction of sp³-hybridized carbons (Fsp3) is 0.294. The summed E-state index contributed by atoms with van der Waals surface area (Å²) in [5.74, 6) is 2.20. The van der Waals surface area contributed by atoms with Gasteiger partial charge in [-0.15, -0.1) is 0 Å². The summed E-state index contributed by atoms with van der Waals surface area (Å²) in [7, 11) is 1.67. The van der Waals surface area contributed by atoms with Gasteiger partial charge in [-0.05, 0) is 45.5 Å². The average molecular weight is 333 g/mol. The Morgan fingerprint density at radius 3 is 2.65 bits per heavy atom. The van der Waals surface area contributed by atoms with Crippen molar-refractivity contribution < 1.29 is 9.47 Å². The maximum absolute atomic E-state index is 6.19. The van der Waals surface area contributed by atoms with Gasteiger partial charge in [-0.1, -0.05) is 37.3 Å². The Hall–Kier alpha value is -1.48. The minimum atomic E-state index is 0.115. The van der Waals surface area contributed by atoms with E-state index in [9.17, 15) is 0 Å². The lowest BCUT2D eigenvalue weighted by Gasteiger charge is -2.31. The molecule has 0 saturated heterocycles. The highest BCUT2D eigenvalue weighted by Gasteiger charge is 2.27. The number of hydrogen-bond acceptors (Lipinski definition) is 2. The summed E-state index contributed by atoms with van der Waals surface area (Å²) in [5.41, 5.74) is 2.47. The van der Waals surface area contributed by atoms with E-state index >= 15 is 0 Å². The highest BCUT2D eigenvalue weighted by molar-refractivity contribution is 9.10. The SMILES string of the molecule is COc1cc2c(cc1Br)[C@H](C)C[C@H](c1ccccc1)O2. The van der Waals surface area contributed by atoms with Crippen LogP contribution in [0.4, 0.5) is 0 Å². The Labute approximate surface area is 127 Å². The lowest BCUT2D eigenvalue weighted by molar-refractivity contribution is 0.163. The van der Waals surface area contributed by atoms with Crippen LogP contribution in [0.15, 0.2) is 46.9 Å². The fourth-order valence-corrected chi connectivity index (χ4v) is 3.24. The van der Waals surface area contributed by atoms with E-state index in [-0.39, 0.29) is 6.10 Å². The third-order valence-corrected chi connectivity index (χ3v) is 4.44. The molecule has 0 aromatic heterocycles. The highest BCUT2D eigenvalue weighted by atomic mass is 79.9. The maximum Gasteiger partial charge on any atom is 0.136 e. The lowest BCUT2D eigenvalue weighted by atomic mass is 9.89. The molecule has 2 aromatic carbocycles. The molecule has 0 saturated carbocycles. The molecular weight excluding hydrogens is 316 g/mol. The first kappa shape index (κ1) is 13.5. The van der Waals surface area contributed by atoms with Crippen molar-refractivity contribution in [2.24, 2.45) is 0 Å². The van der Waals surface area contributed by atoms with Crippen molar-refractivity contribution in [3.63, 3.8) is 0 Å². The molecule has 2 nitrogen and oxygen atoms in total. The van der Waals surface area contributed by atoms with E-state index in [1.54, 1.807) is 7.11 Å². The molecule has 3 rings (SSSR count).